The van der Waals surface area contributed by atoms with Crippen molar-refractivity contribution in [1.29, 1.82) is 0 Å². The molecule has 0 saturated carbocycles. The molecule has 0 aromatic carbocycles. The van der Waals surface area contributed by atoms with Crippen molar-refractivity contribution < 1.29 is 9.21 Å². The second-order valence-corrected chi connectivity index (χ2v) is 7.47. The minimum Gasteiger partial charge on any atom is -0.444 e. The van der Waals surface area contributed by atoms with Gasteiger partial charge in [-0.3, -0.25) is 18.9 Å². The van der Waals surface area contributed by atoms with Crippen LogP contribution in [0.2, 0.25) is 0 Å². The molecule has 0 aliphatic carbocycles. The Kier molecular flexibility index (Phi) is 4.45. The Bertz CT molecular complexity index is 971. The van der Waals surface area contributed by atoms with Crippen molar-refractivity contribution in [3.63, 3.8) is 0 Å². The standard InChI is InChI=1S/C16H15BrN4O3S/c17-13-2-1-12(24-13)15(23)20-5-3-19(4-6-20)10-11-9-14(22)21-7-8-25-16(21)18-11/h1-2,7-9H,3-6,10H2. The Hall–Kier alpha value is -1.97. The first-order valence-electron chi connectivity index (χ1n) is 7.83. The Morgan fingerprint density at radius 1 is 1.28 bits per heavy atom. The molecule has 7 nitrogen and oxygen atoms in total. The lowest BCUT2D eigenvalue weighted by molar-refractivity contribution is 0.0595. The molecule has 25 heavy (non-hydrogen) atoms. The number of hydrogen-bond acceptors (Lipinski definition) is 6. The number of thiazole rings is 1. The molecule has 1 fully saturated rings. The summed E-state index contributed by atoms with van der Waals surface area (Å²) in [6, 6.07) is 4.97. The topological polar surface area (TPSA) is 71.1 Å². The molecule has 1 amide bonds. The lowest BCUT2D eigenvalue weighted by Gasteiger charge is -2.34. The smallest absolute Gasteiger partial charge is 0.289 e. The Balaban J connectivity index is 1.40. The van der Waals surface area contributed by atoms with Crippen molar-refractivity contribution in [2.75, 3.05) is 26.2 Å². The molecule has 4 heterocycles. The second kappa shape index (κ2) is 6.74. The summed E-state index contributed by atoms with van der Waals surface area (Å²) in [5.74, 6) is 0.250. The van der Waals surface area contributed by atoms with Gasteiger partial charge in [-0.15, -0.1) is 11.3 Å². The molecule has 4 rings (SSSR count). The average Bonchev–Trinajstić information content (AvgIpc) is 3.24. The highest BCUT2D eigenvalue weighted by molar-refractivity contribution is 9.10. The summed E-state index contributed by atoms with van der Waals surface area (Å²) in [6.45, 7) is 3.32. The van der Waals surface area contributed by atoms with Crippen LogP contribution >= 0.6 is 27.3 Å². The molecule has 0 radical (unpaired) electrons. The largest absolute Gasteiger partial charge is 0.444 e. The van der Waals surface area contributed by atoms with Gasteiger partial charge in [0, 0.05) is 50.4 Å². The average molecular weight is 423 g/mol. The summed E-state index contributed by atoms with van der Waals surface area (Å²) in [6.07, 6.45) is 1.73. The van der Waals surface area contributed by atoms with E-state index in [-0.39, 0.29) is 11.5 Å². The van der Waals surface area contributed by atoms with Gasteiger partial charge >= 0.3 is 0 Å². The number of carbonyl (C=O) groups is 1. The monoisotopic (exact) mass is 422 g/mol. The van der Waals surface area contributed by atoms with Gasteiger partial charge in [-0.1, -0.05) is 0 Å². The Morgan fingerprint density at radius 2 is 2.08 bits per heavy atom. The normalized spacial score (nSPS) is 15.8. The van der Waals surface area contributed by atoms with Crippen LogP contribution < -0.4 is 5.56 Å². The number of aromatic nitrogens is 2. The molecule has 0 atom stereocenters. The fraction of sp³-hybridized carbons (Fsp3) is 0.312. The maximum Gasteiger partial charge on any atom is 0.289 e. The van der Waals surface area contributed by atoms with Crippen LogP contribution in [0, 0.1) is 0 Å². The zero-order chi connectivity index (χ0) is 17.4. The Labute approximate surface area is 155 Å². The summed E-state index contributed by atoms with van der Waals surface area (Å²) < 4.78 is 7.43. The van der Waals surface area contributed by atoms with Crippen LogP contribution in [0.25, 0.3) is 4.96 Å². The third kappa shape index (κ3) is 3.39. The highest BCUT2D eigenvalue weighted by atomic mass is 79.9. The highest BCUT2D eigenvalue weighted by Gasteiger charge is 2.24. The van der Waals surface area contributed by atoms with Crippen molar-refractivity contribution >= 4 is 38.1 Å². The number of amides is 1. The predicted octanol–water partition coefficient (Wildman–Crippen LogP) is 2.07. The van der Waals surface area contributed by atoms with E-state index in [2.05, 4.69) is 25.8 Å². The molecule has 3 aromatic rings. The number of nitrogens with zero attached hydrogens (tertiary/aromatic N) is 4. The van der Waals surface area contributed by atoms with Gasteiger partial charge in [0.1, 0.15) is 0 Å². The van der Waals surface area contributed by atoms with Crippen LogP contribution in [0.3, 0.4) is 0 Å². The fourth-order valence-electron chi connectivity index (χ4n) is 2.89. The maximum absolute atomic E-state index is 12.4. The summed E-state index contributed by atoms with van der Waals surface area (Å²) in [4.78, 5) is 33.7. The van der Waals surface area contributed by atoms with Crippen LogP contribution in [0.1, 0.15) is 16.2 Å². The predicted molar refractivity (Wildman–Crippen MR) is 96.9 cm³/mol. The van der Waals surface area contributed by atoms with Crippen LogP contribution in [0.4, 0.5) is 0 Å². The van der Waals surface area contributed by atoms with E-state index in [0.717, 1.165) is 18.8 Å². The third-order valence-corrected chi connectivity index (χ3v) is 5.37. The quantitative estimate of drug-likeness (QED) is 0.645. The summed E-state index contributed by atoms with van der Waals surface area (Å²) in [5, 5.41) is 1.85. The van der Waals surface area contributed by atoms with E-state index in [1.165, 1.54) is 11.3 Å². The van der Waals surface area contributed by atoms with Crippen molar-refractivity contribution in [1.82, 2.24) is 19.2 Å². The molecule has 1 aliphatic heterocycles. The van der Waals surface area contributed by atoms with E-state index in [4.69, 9.17) is 4.42 Å². The molecule has 1 aliphatic rings. The lowest BCUT2D eigenvalue weighted by atomic mass is 10.2. The molecule has 1 saturated heterocycles. The number of halogens is 1. The van der Waals surface area contributed by atoms with E-state index in [9.17, 15) is 9.59 Å². The molecule has 0 bridgehead atoms. The van der Waals surface area contributed by atoms with E-state index >= 15 is 0 Å². The number of hydrogen-bond donors (Lipinski definition) is 0. The van der Waals surface area contributed by atoms with E-state index < -0.39 is 0 Å². The van der Waals surface area contributed by atoms with Gasteiger partial charge in [-0.2, -0.15) is 0 Å². The molecule has 0 N–H and O–H groups in total. The van der Waals surface area contributed by atoms with Crippen molar-refractivity contribution in [2.24, 2.45) is 0 Å². The van der Waals surface area contributed by atoms with Gasteiger partial charge in [0.05, 0.1) is 5.69 Å². The summed E-state index contributed by atoms with van der Waals surface area (Å²) >= 11 is 4.66. The van der Waals surface area contributed by atoms with Crippen LogP contribution in [-0.4, -0.2) is 51.3 Å². The van der Waals surface area contributed by atoms with Crippen LogP contribution in [0.15, 0.2) is 43.7 Å². The molecule has 9 heteroatoms. The van der Waals surface area contributed by atoms with Crippen molar-refractivity contribution in [2.45, 2.75) is 6.54 Å². The number of carbonyl (C=O) groups excluding carboxylic acids is 1. The molecule has 3 aromatic heterocycles. The number of piperazine rings is 1. The van der Waals surface area contributed by atoms with E-state index in [0.29, 0.717) is 35.0 Å². The van der Waals surface area contributed by atoms with Gasteiger partial charge in [-0.25, -0.2) is 4.98 Å². The van der Waals surface area contributed by atoms with Gasteiger partial charge in [0.2, 0.25) is 0 Å². The number of furan rings is 1. The maximum atomic E-state index is 12.4. The van der Waals surface area contributed by atoms with Gasteiger partial charge in [-0.05, 0) is 28.1 Å². The first-order valence-corrected chi connectivity index (χ1v) is 9.50. The highest BCUT2D eigenvalue weighted by Crippen LogP contribution is 2.17. The Morgan fingerprint density at radius 3 is 2.80 bits per heavy atom. The number of rotatable bonds is 3. The van der Waals surface area contributed by atoms with E-state index in [1.54, 1.807) is 33.7 Å². The molecular formula is C16H15BrN4O3S. The third-order valence-electron chi connectivity index (χ3n) is 4.19. The van der Waals surface area contributed by atoms with Gasteiger partial charge in [0.25, 0.3) is 11.5 Å². The van der Waals surface area contributed by atoms with Crippen molar-refractivity contribution in [3.8, 4) is 0 Å². The SMILES string of the molecule is O=C(c1ccc(Br)o1)N1CCN(Cc2cc(=O)n3ccsc3n2)CC1. The van der Waals surface area contributed by atoms with E-state index in [1.807, 2.05) is 5.38 Å². The zero-order valence-electron chi connectivity index (χ0n) is 13.2. The first kappa shape index (κ1) is 16.5. The summed E-state index contributed by atoms with van der Waals surface area (Å²) in [5.41, 5.74) is 0.709. The van der Waals surface area contributed by atoms with Crippen LogP contribution in [-0.2, 0) is 6.54 Å². The minimum atomic E-state index is -0.0956. The minimum absolute atomic E-state index is 0.0570. The zero-order valence-corrected chi connectivity index (χ0v) is 15.6. The lowest BCUT2D eigenvalue weighted by Crippen LogP contribution is -2.48. The molecule has 130 valence electrons. The molecule has 0 spiro atoms. The van der Waals surface area contributed by atoms with Crippen LogP contribution in [0.5, 0.6) is 0 Å². The molecular weight excluding hydrogens is 408 g/mol. The summed E-state index contributed by atoms with van der Waals surface area (Å²) in [7, 11) is 0. The molecule has 0 unspecified atom stereocenters. The number of fused-ring (bicyclic) bond motifs is 1. The fourth-order valence-corrected chi connectivity index (χ4v) is 3.94. The van der Waals surface area contributed by atoms with Crippen molar-refractivity contribution in [3.05, 3.63) is 56.3 Å². The van der Waals surface area contributed by atoms with Gasteiger partial charge < -0.3 is 9.32 Å². The first-order chi connectivity index (χ1) is 12.1. The van der Waals surface area contributed by atoms with Gasteiger partial charge in [0.15, 0.2) is 15.4 Å². The second-order valence-electron chi connectivity index (χ2n) is 5.81.